The summed E-state index contributed by atoms with van der Waals surface area (Å²) in [6.45, 7) is 5.52. The van der Waals surface area contributed by atoms with Gasteiger partial charge in [0.25, 0.3) is 0 Å². The minimum Gasteiger partial charge on any atom is -0.378 e. The van der Waals surface area contributed by atoms with Gasteiger partial charge >= 0.3 is 0 Å². The predicted molar refractivity (Wildman–Crippen MR) is 68.3 cm³/mol. The SMILES string of the molecule is CCc1cc(CN2CCOCC2CCl)n(C)n1. The zero-order valence-corrected chi connectivity index (χ0v) is 11.3. The highest BCUT2D eigenvalue weighted by molar-refractivity contribution is 6.18. The molecule has 0 aliphatic carbocycles. The summed E-state index contributed by atoms with van der Waals surface area (Å²) in [7, 11) is 2.00. The van der Waals surface area contributed by atoms with Crippen LogP contribution in [0.1, 0.15) is 18.3 Å². The first-order valence-electron chi connectivity index (χ1n) is 6.14. The van der Waals surface area contributed by atoms with Crippen molar-refractivity contribution in [3.05, 3.63) is 17.5 Å². The molecule has 0 aromatic carbocycles. The Morgan fingerprint density at radius 2 is 2.41 bits per heavy atom. The van der Waals surface area contributed by atoms with E-state index in [1.54, 1.807) is 0 Å². The van der Waals surface area contributed by atoms with Gasteiger partial charge in [0.2, 0.25) is 0 Å². The van der Waals surface area contributed by atoms with Crippen molar-refractivity contribution < 1.29 is 4.74 Å². The molecule has 1 aliphatic heterocycles. The first kappa shape index (κ1) is 12.9. The molecule has 1 aromatic rings. The smallest absolute Gasteiger partial charge is 0.0634 e. The molecule has 0 spiro atoms. The Labute approximate surface area is 107 Å². The summed E-state index contributed by atoms with van der Waals surface area (Å²) in [5, 5.41) is 4.47. The molecule has 96 valence electrons. The molecule has 1 aliphatic rings. The highest BCUT2D eigenvalue weighted by atomic mass is 35.5. The maximum absolute atomic E-state index is 5.97. The average Bonchev–Trinajstić information content (AvgIpc) is 2.71. The van der Waals surface area contributed by atoms with E-state index in [9.17, 15) is 0 Å². The summed E-state index contributed by atoms with van der Waals surface area (Å²) in [5.74, 6) is 0.623. The van der Waals surface area contributed by atoms with Crippen molar-refractivity contribution >= 4 is 11.6 Å². The lowest BCUT2D eigenvalue weighted by atomic mass is 10.2. The van der Waals surface area contributed by atoms with E-state index in [-0.39, 0.29) is 0 Å². The van der Waals surface area contributed by atoms with Gasteiger partial charge in [-0.3, -0.25) is 9.58 Å². The van der Waals surface area contributed by atoms with Gasteiger partial charge in [-0.15, -0.1) is 11.6 Å². The second-order valence-corrected chi connectivity index (χ2v) is 4.77. The summed E-state index contributed by atoms with van der Waals surface area (Å²) in [6.07, 6.45) is 0.982. The Morgan fingerprint density at radius 1 is 1.59 bits per heavy atom. The summed E-state index contributed by atoms with van der Waals surface area (Å²) in [6, 6.07) is 2.51. The Bertz CT molecular complexity index is 367. The number of morpholine rings is 1. The van der Waals surface area contributed by atoms with Gasteiger partial charge in [0.15, 0.2) is 0 Å². The van der Waals surface area contributed by atoms with E-state index in [1.165, 1.54) is 5.69 Å². The number of hydrogen-bond donors (Lipinski definition) is 0. The third-order valence-corrected chi connectivity index (χ3v) is 3.64. The molecule has 4 nitrogen and oxygen atoms in total. The monoisotopic (exact) mass is 257 g/mol. The summed E-state index contributed by atoms with van der Waals surface area (Å²) < 4.78 is 7.42. The molecule has 1 unspecified atom stereocenters. The fourth-order valence-corrected chi connectivity index (χ4v) is 2.42. The van der Waals surface area contributed by atoms with Crippen molar-refractivity contribution in [1.82, 2.24) is 14.7 Å². The minimum absolute atomic E-state index is 0.324. The number of alkyl halides is 1. The van der Waals surface area contributed by atoms with Crippen LogP contribution in [0.15, 0.2) is 6.07 Å². The quantitative estimate of drug-likeness (QED) is 0.765. The van der Waals surface area contributed by atoms with E-state index in [4.69, 9.17) is 16.3 Å². The van der Waals surface area contributed by atoms with Crippen molar-refractivity contribution in [2.45, 2.75) is 25.9 Å². The van der Waals surface area contributed by atoms with E-state index in [2.05, 4.69) is 23.0 Å². The molecule has 0 amide bonds. The minimum atomic E-state index is 0.324. The molecule has 1 aromatic heterocycles. The maximum Gasteiger partial charge on any atom is 0.0634 e. The number of nitrogens with zero attached hydrogens (tertiary/aromatic N) is 3. The maximum atomic E-state index is 5.97. The Morgan fingerprint density at radius 3 is 3.06 bits per heavy atom. The van der Waals surface area contributed by atoms with Crippen LogP contribution in [0.4, 0.5) is 0 Å². The van der Waals surface area contributed by atoms with Gasteiger partial charge in [-0.2, -0.15) is 5.10 Å². The summed E-state index contributed by atoms with van der Waals surface area (Å²) >= 11 is 5.97. The van der Waals surface area contributed by atoms with Crippen LogP contribution in [0.2, 0.25) is 0 Å². The van der Waals surface area contributed by atoms with Gasteiger partial charge in [-0.25, -0.2) is 0 Å². The van der Waals surface area contributed by atoms with Crippen molar-refractivity contribution in [3.63, 3.8) is 0 Å². The molecule has 1 atom stereocenters. The lowest BCUT2D eigenvalue weighted by Gasteiger charge is -2.34. The average molecular weight is 258 g/mol. The lowest BCUT2D eigenvalue weighted by molar-refractivity contribution is -0.00404. The van der Waals surface area contributed by atoms with Crippen LogP contribution >= 0.6 is 11.6 Å². The summed E-state index contributed by atoms with van der Waals surface area (Å²) in [4.78, 5) is 2.38. The fourth-order valence-electron chi connectivity index (χ4n) is 2.14. The Balaban J connectivity index is 2.05. The number of ether oxygens (including phenoxy) is 1. The zero-order chi connectivity index (χ0) is 12.3. The Hall–Kier alpha value is -0.580. The van der Waals surface area contributed by atoms with Gasteiger partial charge in [-0.1, -0.05) is 6.92 Å². The summed E-state index contributed by atoms with van der Waals surface area (Å²) in [5.41, 5.74) is 2.40. The van der Waals surface area contributed by atoms with Crippen LogP contribution in [0, 0.1) is 0 Å². The third kappa shape index (κ3) is 3.00. The molecular formula is C12H20ClN3O. The number of aromatic nitrogens is 2. The lowest BCUT2D eigenvalue weighted by Crippen LogP contribution is -2.46. The number of halogens is 1. The van der Waals surface area contributed by atoms with E-state index in [0.29, 0.717) is 11.9 Å². The van der Waals surface area contributed by atoms with Gasteiger partial charge in [0.1, 0.15) is 0 Å². The molecule has 2 rings (SSSR count). The molecule has 0 N–H and O–H groups in total. The highest BCUT2D eigenvalue weighted by Crippen LogP contribution is 2.14. The van der Waals surface area contributed by atoms with Gasteiger partial charge in [0, 0.05) is 32.1 Å². The van der Waals surface area contributed by atoms with Crippen LogP contribution in [0.25, 0.3) is 0 Å². The van der Waals surface area contributed by atoms with E-state index in [1.807, 2.05) is 11.7 Å². The van der Waals surface area contributed by atoms with Crippen molar-refractivity contribution in [2.75, 3.05) is 25.6 Å². The van der Waals surface area contributed by atoms with Crippen molar-refractivity contribution in [2.24, 2.45) is 7.05 Å². The molecule has 0 bridgehead atoms. The normalized spacial score (nSPS) is 21.9. The topological polar surface area (TPSA) is 30.3 Å². The fraction of sp³-hybridized carbons (Fsp3) is 0.750. The van der Waals surface area contributed by atoms with Gasteiger partial charge in [0.05, 0.1) is 24.6 Å². The van der Waals surface area contributed by atoms with Crippen LogP contribution in [-0.4, -0.2) is 46.4 Å². The third-order valence-electron chi connectivity index (χ3n) is 3.28. The molecule has 0 saturated carbocycles. The van der Waals surface area contributed by atoms with Crippen LogP contribution in [0.5, 0.6) is 0 Å². The molecule has 0 radical (unpaired) electrons. The number of aryl methyl sites for hydroxylation is 2. The largest absolute Gasteiger partial charge is 0.378 e. The van der Waals surface area contributed by atoms with Crippen LogP contribution < -0.4 is 0 Å². The predicted octanol–water partition coefficient (Wildman–Crippen LogP) is 1.42. The van der Waals surface area contributed by atoms with Crippen LogP contribution in [-0.2, 0) is 24.8 Å². The number of hydrogen-bond acceptors (Lipinski definition) is 3. The second-order valence-electron chi connectivity index (χ2n) is 4.46. The highest BCUT2D eigenvalue weighted by Gasteiger charge is 2.23. The van der Waals surface area contributed by atoms with E-state index < -0.39 is 0 Å². The van der Waals surface area contributed by atoms with Crippen molar-refractivity contribution in [1.29, 1.82) is 0 Å². The van der Waals surface area contributed by atoms with Gasteiger partial charge < -0.3 is 4.74 Å². The number of rotatable bonds is 4. The van der Waals surface area contributed by atoms with E-state index >= 15 is 0 Å². The molecule has 5 heteroatoms. The standard InChI is InChI=1S/C12H20ClN3O/c1-3-10-6-11(15(2)14-10)8-16-4-5-17-9-12(16)7-13/h6,12H,3-5,7-9H2,1-2H3. The molecule has 1 saturated heterocycles. The second kappa shape index (κ2) is 5.85. The van der Waals surface area contributed by atoms with E-state index in [0.717, 1.165) is 38.4 Å². The van der Waals surface area contributed by atoms with Crippen LogP contribution in [0.3, 0.4) is 0 Å². The first-order valence-corrected chi connectivity index (χ1v) is 6.67. The van der Waals surface area contributed by atoms with Crippen molar-refractivity contribution in [3.8, 4) is 0 Å². The Kier molecular flexibility index (Phi) is 4.42. The first-order chi connectivity index (χ1) is 8.24. The molecule has 1 fully saturated rings. The molecule has 17 heavy (non-hydrogen) atoms. The van der Waals surface area contributed by atoms with Gasteiger partial charge in [-0.05, 0) is 12.5 Å². The molecular weight excluding hydrogens is 238 g/mol. The molecule has 2 heterocycles. The zero-order valence-electron chi connectivity index (χ0n) is 10.5.